The van der Waals surface area contributed by atoms with Gasteiger partial charge in [0.25, 0.3) is 0 Å². The molecule has 0 rings (SSSR count). The standard InChI is InChI=1S/C9H14BrO/c1-8(2)9(11)6-4-3-5-7-10/h4H,1,3,5-7H2,2H3. The first-order chi connectivity index (χ1) is 5.18. The summed E-state index contributed by atoms with van der Waals surface area (Å²) in [5.41, 5.74) is 0.653. The van der Waals surface area contributed by atoms with Crippen molar-refractivity contribution in [2.24, 2.45) is 0 Å². The average molecular weight is 218 g/mol. The van der Waals surface area contributed by atoms with Crippen molar-refractivity contribution in [3.8, 4) is 0 Å². The van der Waals surface area contributed by atoms with E-state index in [1.807, 2.05) is 6.42 Å². The number of hydrogen-bond acceptors (Lipinski definition) is 1. The highest BCUT2D eigenvalue weighted by molar-refractivity contribution is 9.09. The Kier molecular flexibility index (Phi) is 6.52. The third-order valence-electron chi connectivity index (χ3n) is 1.35. The summed E-state index contributed by atoms with van der Waals surface area (Å²) in [5.74, 6) is 0.152. The van der Waals surface area contributed by atoms with E-state index in [1.54, 1.807) is 6.92 Å². The molecule has 0 aromatic carbocycles. The third kappa shape index (κ3) is 6.29. The summed E-state index contributed by atoms with van der Waals surface area (Å²) < 4.78 is 0. The van der Waals surface area contributed by atoms with Crippen LogP contribution in [0, 0.1) is 6.42 Å². The summed E-state index contributed by atoms with van der Waals surface area (Å²) in [6.07, 6.45) is 4.66. The highest BCUT2D eigenvalue weighted by atomic mass is 79.9. The topological polar surface area (TPSA) is 17.1 Å². The van der Waals surface area contributed by atoms with Gasteiger partial charge in [0, 0.05) is 11.8 Å². The molecule has 0 atom stereocenters. The minimum atomic E-state index is 0.152. The normalized spacial score (nSPS) is 9.64. The first-order valence-electron chi connectivity index (χ1n) is 3.74. The van der Waals surface area contributed by atoms with Crippen molar-refractivity contribution in [1.82, 2.24) is 0 Å². The molecule has 0 unspecified atom stereocenters. The number of Topliss-reactive ketones (excluding diaryl/α,β-unsaturated/α-hetero) is 1. The lowest BCUT2D eigenvalue weighted by molar-refractivity contribution is -0.115. The number of carbonyl (C=O) groups is 1. The summed E-state index contributed by atoms with van der Waals surface area (Å²) in [6, 6.07) is 0. The molecule has 0 saturated heterocycles. The molecule has 63 valence electrons. The quantitative estimate of drug-likeness (QED) is 0.380. The predicted octanol–water partition coefficient (Wildman–Crippen LogP) is 2.90. The maximum absolute atomic E-state index is 11.0. The van der Waals surface area contributed by atoms with Crippen LogP contribution in [0.15, 0.2) is 12.2 Å². The van der Waals surface area contributed by atoms with Crippen molar-refractivity contribution in [1.29, 1.82) is 0 Å². The second kappa shape index (κ2) is 6.59. The van der Waals surface area contributed by atoms with E-state index in [0.717, 1.165) is 18.2 Å². The molecule has 0 aliphatic carbocycles. The van der Waals surface area contributed by atoms with Crippen molar-refractivity contribution in [2.75, 3.05) is 5.33 Å². The molecule has 0 N–H and O–H groups in total. The zero-order valence-electron chi connectivity index (χ0n) is 6.90. The van der Waals surface area contributed by atoms with Crippen LogP contribution in [0.4, 0.5) is 0 Å². The van der Waals surface area contributed by atoms with Crippen molar-refractivity contribution in [3.63, 3.8) is 0 Å². The second-order valence-corrected chi connectivity index (χ2v) is 3.32. The molecular weight excluding hydrogens is 204 g/mol. The Morgan fingerprint density at radius 2 is 2.27 bits per heavy atom. The largest absolute Gasteiger partial charge is 0.295 e. The van der Waals surface area contributed by atoms with Crippen molar-refractivity contribution < 1.29 is 4.79 Å². The van der Waals surface area contributed by atoms with E-state index in [1.165, 1.54) is 0 Å². The summed E-state index contributed by atoms with van der Waals surface area (Å²) in [7, 11) is 0. The maximum atomic E-state index is 11.0. The summed E-state index contributed by atoms with van der Waals surface area (Å²) in [5, 5.41) is 1.00. The molecular formula is C9H14BrO. The average Bonchev–Trinajstić information content (AvgIpc) is 1.97. The van der Waals surface area contributed by atoms with Gasteiger partial charge in [-0.1, -0.05) is 22.5 Å². The van der Waals surface area contributed by atoms with Crippen LogP contribution in [-0.4, -0.2) is 11.1 Å². The van der Waals surface area contributed by atoms with Crippen LogP contribution in [0.3, 0.4) is 0 Å². The fraction of sp³-hybridized carbons (Fsp3) is 0.556. The lowest BCUT2D eigenvalue weighted by atomic mass is 10.1. The predicted molar refractivity (Wildman–Crippen MR) is 51.8 cm³/mol. The minimum absolute atomic E-state index is 0.152. The highest BCUT2D eigenvalue weighted by Crippen LogP contribution is 2.04. The first-order valence-corrected chi connectivity index (χ1v) is 4.87. The fourth-order valence-electron chi connectivity index (χ4n) is 0.629. The summed E-state index contributed by atoms with van der Waals surface area (Å²) >= 11 is 3.32. The van der Waals surface area contributed by atoms with E-state index in [2.05, 4.69) is 22.5 Å². The van der Waals surface area contributed by atoms with Crippen molar-refractivity contribution >= 4 is 21.7 Å². The number of carbonyl (C=O) groups excluding carboxylic acids is 1. The van der Waals surface area contributed by atoms with Gasteiger partial charge in [-0.15, -0.1) is 0 Å². The smallest absolute Gasteiger partial charge is 0.158 e. The molecule has 0 fully saturated rings. The molecule has 0 bridgehead atoms. The minimum Gasteiger partial charge on any atom is -0.295 e. The monoisotopic (exact) mass is 217 g/mol. The first kappa shape index (κ1) is 10.9. The maximum Gasteiger partial charge on any atom is 0.158 e. The van der Waals surface area contributed by atoms with Gasteiger partial charge in [0.2, 0.25) is 0 Å². The second-order valence-electron chi connectivity index (χ2n) is 2.53. The van der Waals surface area contributed by atoms with Gasteiger partial charge in [-0.2, -0.15) is 0 Å². The van der Waals surface area contributed by atoms with Gasteiger partial charge >= 0.3 is 0 Å². The van der Waals surface area contributed by atoms with Crippen LogP contribution in [0.1, 0.15) is 26.2 Å². The fourth-order valence-corrected chi connectivity index (χ4v) is 0.953. The van der Waals surface area contributed by atoms with Gasteiger partial charge in [0.1, 0.15) is 0 Å². The Balaban J connectivity index is 3.25. The van der Waals surface area contributed by atoms with Crippen LogP contribution in [0.25, 0.3) is 0 Å². The number of ketones is 1. The Labute approximate surface area is 77.0 Å². The molecule has 0 saturated carbocycles. The van der Waals surface area contributed by atoms with Crippen LogP contribution >= 0.6 is 15.9 Å². The zero-order chi connectivity index (χ0) is 8.69. The SMILES string of the molecule is C=C(C)C(=O)C[CH]CCCBr. The Bertz CT molecular complexity index is 140. The molecule has 0 aromatic heterocycles. The van der Waals surface area contributed by atoms with Crippen LogP contribution < -0.4 is 0 Å². The summed E-state index contributed by atoms with van der Waals surface area (Å²) in [4.78, 5) is 11.0. The van der Waals surface area contributed by atoms with Crippen molar-refractivity contribution in [2.45, 2.75) is 26.2 Å². The molecule has 1 nitrogen and oxygen atoms in total. The number of allylic oxidation sites excluding steroid dienone is 1. The van der Waals surface area contributed by atoms with E-state index in [4.69, 9.17) is 0 Å². The molecule has 0 aliphatic heterocycles. The van der Waals surface area contributed by atoms with E-state index >= 15 is 0 Å². The van der Waals surface area contributed by atoms with E-state index in [-0.39, 0.29) is 5.78 Å². The Hall–Kier alpha value is -0.110. The molecule has 0 aromatic rings. The van der Waals surface area contributed by atoms with Gasteiger partial charge in [-0.25, -0.2) is 0 Å². The summed E-state index contributed by atoms with van der Waals surface area (Å²) in [6.45, 7) is 5.33. The van der Waals surface area contributed by atoms with Gasteiger partial charge < -0.3 is 0 Å². The zero-order valence-corrected chi connectivity index (χ0v) is 8.49. The highest BCUT2D eigenvalue weighted by Gasteiger charge is 2.00. The van der Waals surface area contributed by atoms with Gasteiger partial charge in [0.15, 0.2) is 5.78 Å². The molecule has 11 heavy (non-hydrogen) atoms. The number of rotatable bonds is 6. The van der Waals surface area contributed by atoms with Crippen LogP contribution in [-0.2, 0) is 4.79 Å². The molecule has 0 heterocycles. The number of unbranched alkanes of at least 4 members (excludes halogenated alkanes) is 2. The number of halogens is 1. The van der Waals surface area contributed by atoms with Crippen LogP contribution in [0.5, 0.6) is 0 Å². The van der Waals surface area contributed by atoms with Gasteiger partial charge in [-0.3, -0.25) is 4.79 Å². The number of alkyl halides is 1. The van der Waals surface area contributed by atoms with Crippen molar-refractivity contribution in [3.05, 3.63) is 18.6 Å². The molecule has 1 radical (unpaired) electrons. The molecule has 0 amide bonds. The van der Waals surface area contributed by atoms with Gasteiger partial charge in [-0.05, 0) is 31.8 Å². The van der Waals surface area contributed by atoms with Gasteiger partial charge in [0.05, 0.1) is 0 Å². The Morgan fingerprint density at radius 1 is 1.64 bits per heavy atom. The number of hydrogen-bond donors (Lipinski definition) is 0. The van der Waals surface area contributed by atoms with E-state index in [9.17, 15) is 4.79 Å². The van der Waals surface area contributed by atoms with E-state index in [0.29, 0.717) is 12.0 Å². The van der Waals surface area contributed by atoms with E-state index < -0.39 is 0 Å². The van der Waals surface area contributed by atoms with Crippen LogP contribution in [0.2, 0.25) is 0 Å². The molecule has 2 heteroatoms. The molecule has 0 spiro atoms. The lowest BCUT2D eigenvalue weighted by Gasteiger charge is -1.97. The molecule has 0 aliphatic rings. The lowest BCUT2D eigenvalue weighted by Crippen LogP contribution is -1.98. The third-order valence-corrected chi connectivity index (χ3v) is 1.91. The Morgan fingerprint density at radius 3 is 2.73 bits per heavy atom.